The molecule has 1 N–H and O–H groups in total. The molecule has 0 radical (unpaired) electrons. The van der Waals surface area contributed by atoms with Gasteiger partial charge in [0.1, 0.15) is 5.75 Å². The fourth-order valence-electron chi connectivity index (χ4n) is 2.24. The lowest BCUT2D eigenvalue weighted by molar-refractivity contribution is 0.0709. The highest BCUT2D eigenvalue weighted by molar-refractivity contribution is 6.00. The summed E-state index contributed by atoms with van der Waals surface area (Å²) in [5, 5.41) is 9.43. The van der Waals surface area contributed by atoms with Gasteiger partial charge in [0.2, 0.25) is 0 Å². The van der Waals surface area contributed by atoms with Crippen LogP contribution in [0.1, 0.15) is 23.2 Å². The van der Waals surface area contributed by atoms with E-state index in [1.165, 1.54) is 0 Å². The molecule has 1 aliphatic rings. The molecule has 1 aromatic carbocycles. The molecule has 0 spiro atoms. The number of piperidine rings is 1. The van der Waals surface area contributed by atoms with E-state index in [1.54, 1.807) is 19.2 Å². The van der Waals surface area contributed by atoms with Crippen LogP contribution in [-0.4, -0.2) is 48.6 Å². The van der Waals surface area contributed by atoms with Gasteiger partial charge in [0.25, 0.3) is 0 Å². The van der Waals surface area contributed by atoms with Gasteiger partial charge in [0.05, 0.1) is 25.3 Å². The molecule has 0 aliphatic carbocycles. The smallest absolute Gasteiger partial charge is 0.180 e. The number of aliphatic hydroxyl groups excluding tert-OH is 1. The van der Waals surface area contributed by atoms with Crippen molar-refractivity contribution in [3.63, 3.8) is 0 Å². The number of para-hydroxylation sites is 1. The standard InChI is InChI=1S/C14H19NO3/c1-18-14-5-3-2-4-12(14)13(17)10-15-8-6-11(16)7-9-15/h2-5,11,16H,6-10H2,1H3. The van der Waals surface area contributed by atoms with Crippen molar-refractivity contribution in [2.75, 3.05) is 26.7 Å². The highest BCUT2D eigenvalue weighted by Gasteiger charge is 2.20. The van der Waals surface area contributed by atoms with Gasteiger partial charge in [-0.2, -0.15) is 0 Å². The zero-order valence-corrected chi connectivity index (χ0v) is 10.6. The number of aliphatic hydroxyl groups is 1. The first-order valence-electron chi connectivity index (χ1n) is 6.27. The number of hydrogen-bond donors (Lipinski definition) is 1. The highest BCUT2D eigenvalue weighted by atomic mass is 16.5. The minimum absolute atomic E-state index is 0.0730. The number of carbonyl (C=O) groups is 1. The third kappa shape index (κ3) is 3.09. The molecule has 98 valence electrons. The van der Waals surface area contributed by atoms with Crippen LogP contribution in [-0.2, 0) is 0 Å². The van der Waals surface area contributed by atoms with Crippen molar-refractivity contribution in [3.05, 3.63) is 29.8 Å². The Bertz CT molecular complexity index is 411. The van der Waals surface area contributed by atoms with Crippen LogP contribution in [0.3, 0.4) is 0 Å². The maximum absolute atomic E-state index is 12.2. The number of likely N-dealkylation sites (tertiary alicyclic amines) is 1. The Kier molecular flexibility index (Phi) is 4.33. The lowest BCUT2D eigenvalue weighted by Gasteiger charge is -2.28. The summed E-state index contributed by atoms with van der Waals surface area (Å²) >= 11 is 0. The average Bonchev–Trinajstić information content (AvgIpc) is 2.41. The molecule has 2 rings (SSSR count). The Labute approximate surface area is 107 Å². The molecule has 1 aromatic rings. The van der Waals surface area contributed by atoms with E-state index >= 15 is 0 Å². The molecule has 0 aromatic heterocycles. The molecule has 0 bridgehead atoms. The Hall–Kier alpha value is -1.39. The van der Waals surface area contributed by atoms with Crippen LogP contribution in [0.5, 0.6) is 5.75 Å². The number of methoxy groups -OCH3 is 1. The maximum atomic E-state index is 12.2. The van der Waals surface area contributed by atoms with Crippen LogP contribution in [0.15, 0.2) is 24.3 Å². The van der Waals surface area contributed by atoms with E-state index in [9.17, 15) is 9.90 Å². The van der Waals surface area contributed by atoms with E-state index in [-0.39, 0.29) is 11.9 Å². The minimum Gasteiger partial charge on any atom is -0.496 e. The predicted molar refractivity (Wildman–Crippen MR) is 69.0 cm³/mol. The van der Waals surface area contributed by atoms with Crippen molar-refractivity contribution in [2.45, 2.75) is 18.9 Å². The zero-order valence-electron chi connectivity index (χ0n) is 10.6. The summed E-state index contributed by atoms with van der Waals surface area (Å²) in [6, 6.07) is 7.29. The van der Waals surface area contributed by atoms with Crippen LogP contribution in [0, 0.1) is 0 Å². The van der Waals surface area contributed by atoms with Crippen LogP contribution in [0.4, 0.5) is 0 Å². The van der Waals surface area contributed by atoms with Crippen LogP contribution in [0.25, 0.3) is 0 Å². The van der Waals surface area contributed by atoms with E-state index in [0.717, 1.165) is 25.9 Å². The molecule has 4 nitrogen and oxygen atoms in total. The normalized spacial score (nSPS) is 17.7. The molecule has 0 atom stereocenters. The first-order valence-corrected chi connectivity index (χ1v) is 6.27. The average molecular weight is 249 g/mol. The second-order valence-electron chi connectivity index (χ2n) is 4.63. The van der Waals surface area contributed by atoms with Gasteiger partial charge in [-0.25, -0.2) is 0 Å². The van der Waals surface area contributed by atoms with E-state index in [4.69, 9.17) is 4.74 Å². The second-order valence-corrected chi connectivity index (χ2v) is 4.63. The van der Waals surface area contributed by atoms with E-state index < -0.39 is 0 Å². The molecular formula is C14H19NO3. The Balaban J connectivity index is 1.99. The Morgan fingerprint density at radius 1 is 1.39 bits per heavy atom. The number of nitrogens with zero attached hydrogens (tertiary/aromatic N) is 1. The Morgan fingerprint density at radius 2 is 2.06 bits per heavy atom. The Morgan fingerprint density at radius 3 is 2.72 bits per heavy atom. The third-order valence-corrected chi connectivity index (χ3v) is 3.33. The quantitative estimate of drug-likeness (QED) is 0.818. The molecule has 4 heteroatoms. The van der Waals surface area contributed by atoms with Crippen molar-refractivity contribution >= 4 is 5.78 Å². The highest BCUT2D eigenvalue weighted by Crippen LogP contribution is 2.19. The van der Waals surface area contributed by atoms with Crippen molar-refractivity contribution in [3.8, 4) is 5.75 Å². The van der Waals surface area contributed by atoms with E-state index in [1.807, 2.05) is 12.1 Å². The van der Waals surface area contributed by atoms with Gasteiger partial charge in [-0.1, -0.05) is 12.1 Å². The summed E-state index contributed by atoms with van der Waals surface area (Å²) in [4.78, 5) is 14.3. The molecule has 1 saturated heterocycles. The number of ether oxygens (including phenoxy) is 1. The van der Waals surface area contributed by atoms with Gasteiger partial charge in [-0.15, -0.1) is 0 Å². The van der Waals surface area contributed by atoms with Crippen molar-refractivity contribution < 1.29 is 14.6 Å². The first kappa shape index (κ1) is 13.1. The van der Waals surface area contributed by atoms with Crippen molar-refractivity contribution in [1.82, 2.24) is 4.90 Å². The summed E-state index contributed by atoms with van der Waals surface area (Å²) in [6.07, 6.45) is 1.29. The van der Waals surface area contributed by atoms with Gasteiger partial charge in [-0.3, -0.25) is 9.69 Å². The second kappa shape index (κ2) is 5.98. The number of carbonyl (C=O) groups excluding carboxylic acids is 1. The largest absolute Gasteiger partial charge is 0.496 e. The minimum atomic E-state index is -0.206. The van der Waals surface area contributed by atoms with Crippen molar-refractivity contribution in [1.29, 1.82) is 0 Å². The number of Topliss-reactive ketones (excluding diaryl/α,β-unsaturated/α-hetero) is 1. The molecular weight excluding hydrogens is 230 g/mol. The SMILES string of the molecule is COc1ccccc1C(=O)CN1CCC(O)CC1. The van der Waals surface area contributed by atoms with Gasteiger partial charge in [0.15, 0.2) is 5.78 Å². The number of hydrogen-bond acceptors (Lipinski definition) is 4. The third-order valence-electron chi connectivity index (χ3n) is 3.33. The predicted octanol–water partition coefficient (Wildman–Crippen LogP) is 1.33. The van der Waals surface area contributed by atoms with E-state index in [2.05, 4.69) is 4.90 Å². The lowest BCUT2D eigenvalue weighted by atomic mass is 10.1. The molecule has 1 aliphatic heterocycles. The van der Waals surface area contributed by atoms with Crippen LogP contribution >= 0.6 is 0 Å². The molecule has 1 heterocycles. The molecule has 0 unspecified atom stereocenters. The molecule has 18 heavy (non-hydrogen) atoms. The van der Waals surface area contributed by atoms with Gasteiger partial charge in [-0.05, 0) is 25.0 Å². The fourth-order valence-corrected chi connectivity index (χ4v) is 2.24. The number of benzene rings is 1. The summed E-state index contributed by atoms with van der Waals surface area (Å²) < 4.78 is 5.19. The molecule has 0 amide bonds. The van der Waals surface area contributed by atoms with Gasteiger partial charge in [0, 0.05) is 13.1 Å². The number of rotatable bonds is 4. The van der Waals surface area contributed by atoms with E-state index in [0.29, 0.717) is 17.9 Å². The number of ketones is 1. The topological polar surface area (TPSA) is 49.8 Å². The summed E-state index contributed by atoms with van der Waals surface area (Å²) in [6.45, 7) is 1.96. The maximum Gasteiger partial charge on any atom is 0.180 e. The zero-order chi connectivity index (χ0) is 13.0. The van der Waals surface area contributed by atoms with Gasteiger partial charge >= 0.3 is 0 Å². The summed E-state index contributed by atoms with van der Waals surface area (Å²) in [5.41, 5.74) is 0.631. The van der Waals surface area contributed by atoms with Crippen LogP contribution in [0.2, 0.25) is 0 Å². The molecule has 1 fully saturated rings. The first-order chi connectivity index (χ1) is 8.70. The fraction of sp³-hybridized carbons (Fsp3) is 0.500. The van der Waals surface area contributed by atoms with Gasteiger partial charge < -0.3 is 9.84 Å². The summed E-state index contributed by atoms with van der Waals surface area (Å²) in [5.74, 6) is 0.698. The lowest BCUT2D eigenvalue weighted by Crippen LogP contribution is -2.39. The van der Waals surface area contributed by atoms with Crippen LogP contribution < -0.4 is 4.74 Å². The molecule has 0 saturated carbocycles. The summed E-state index contributed by atoms with van der Waals surface area (Å²) in [7, 11) is 1.57. The van der Waals surface area contributed by atoms with Crippen molar-refractivity contribution in [2.24, 2.45) is 0 Å². The monoisotopic (exact) mass is 249 g/mol.